The van der Waals surface area contributed by atoms with Gasteiger partial charge in [-0.3, -0.25) is 0 Å². The fraction of sp³-hybridized carbons (Fsp3) is 0.350. The van der Waals surface area contributed by atoms with Crippen LogP contribution < -0.4 is 5.32 Å². The number of benzene rings is 2. The number of hydrogen-bond acceptors (Lipinski definition) is 3. The van der Waals surface area contributed by atoms with Gasteiger partial charge >= 0.3 is 5.97 Å². The van der Waals surface area contributed by atoms with E-state index >= 15 is 0 Å². The summed E-state index contributed by atoms with van der Waals surface area (Å²) >= 11 is 0. The lowest BCUT2D eigenvalue weighted by molar-refractivity contribution is 0.0600. The SMILES string of the molecule is COC(=O)c1ccc(CCC(C)NC(C)c2ccccc2)cc1.Cl. The largest absolute Gasteiger partial charge is 0.465 e. The average Bonchev–Trinajstić information content (AvgIpc) is 2.60. The first-order valence-corrected chi connectivity index (χ1v) is 8.08. The molecule has 0 saturated carbocycles. The van der Waals surface area contributed by atoms with Crippen LogP contribution in [-0.2, 0) is 11.2 Å². The van der Waals surface area contributed by atoms with E-state index in [0.29, 0.717) is 17.6 Å². The highest BCUT2D eigenvalue weighted by molar-refractivity contribution is 5.89. The number of halogens is 1. The van der Waals surface area contributed by atoms with Gasteiger partial charge in [0.25, 0.3) is 0 Å². The van der Waals surface area contributed by atoms with Crippen LogP contribution in [0.25, 0.3) is 0 Å². The normalized spacial score (nSPS) is 12.8. The quantitative estimate of drug-likeness (QED) is 0.746. The zero-order valence-corrected chi connectivity index (χ0v) is 15.3. The van der Waals surface area contributed by atoms with Crippen molar-refractivity contribution in [3.05, 3.63) is 71.3 Å². The van der Waals surface area contributed by atoms with Gasteiger partial charge in [0.05, 0.1) is 12.7 Å². The van der Waals surface area contributed by atoms with Gasteiger partial charge in [-0.2, -0.15) is 0 Å². The molecule has 0 radical (unpaired) electrons. The fourth-order valence-electron chi connectivity index (χ4n) is 2.66. The maximum Gasteiger partial charge on any atom is 0.337 e. The third kappa shape index (κ3) is 5.99. The number of ether oxygens (including phenoxy) is 1. The van der Waals surface area contributed by atoms with Gasteiger partial charge in [-0.1, -0.05) is 42.5 Å². The van der Waals surface area contributed by atoms with Crippen molar-refractivity contribution in [3.63, 3.8) is 0 Å². The number of esters is 1. The molecule has 0 aliphatic rings. The summed E-state index contributed by atoms with van der Waals surface area (Å²) in [4.78, 5) is 11.4. The second-order valence-corrected chi connectivity index (χ2v) is 5.93. The second-order valence-electron chi connectivity index (χ2n) is 5.93. The molecule has 24 heavy (non-hydrogen) atoms. The van der Waals surface area contributed by atoms with E-state index in [4.69, 9.17) is 4.74 Å². The number of hydrogen-bond donors (Lipinski definition) is 1. The maximum atomic E-state index is 11.4. The van der Waals surface area contributed by atoms with Crippen LogP contribution >= 0.6 is 12.4 Å². The monoisotopic (exact) mass is 347 g/mol. The molecule has 0 bridgehead atoms. The Bertz CT molecular complexity index is 613. The van der Waals surface area contributed by atoms with Gasteiger partial charge in [-0.05, 0) is 49.9 Å². The van der Waals surface area contributed by atoms with Crippen LogP contribution in [0.5, 0.6) is 0 Å². The average molecular weight is 348 g/mol. The number of methoxy groups -OCH3 is 1. The van der Waals surface area contributed by atoms with Crippen LogP contribution in [0.1, 0.15) is 47.8 Å². The molecule has 130 valence electrons. The molecular weight excluding hydrogens is 322 g/mol. The summed E-state index contributed by atoms with van der Waals surface area (Å²) in [6.07, 6.45) is 2.03. The van der Waals surface area contributed by atoms with Crippen LogP contribution in [-0.4, -0.2) is 19.1 Å². The summed E-state index contributed by atoms with van der Waals surface area (Å²) in [5, 5.41) is 3.63. The van der Waals surface area contributed by atoms with E-state index in [0.717, 1.165) is 12.8 Å². The standard InChI is InChI=1S/C20H25NO2.ClH/c1-15(21-16(2)18-7-5-4-6-8-18)9-10-17-11-13-19(14-12-17)20(22)23-3;/h4-8,11-16,21H,9-10H2,1-3H3;1H. The molecule has 3 nitrogen and oxygen atoms in total. The molecule has 0 heterocycles. The molecule has 0 amide bonds. The number of nitrogens with one attached hydrogen (secondary N) is 1. The highest BCUT2D eigenvalue weighted by atomic mass is 35.5. The van der Waals surface area contributed by atoms with Gasteiger partial charge in [0.2, 0.25) is 0 Å². The third-order valence-electron chi connectivity index (χ3n) is 4.08. The van der Waals surface area contributed by atoms with Gasteiger partial charge in [0, 0.05) is 12.1 Å². The Morgan fingerprint density at radius 3 is 2.25 bits per heavy atom. The minimum Gasteiger partial charge on any atom is -0.465 e. The smallest absolute Gasteiger partial charge is 0.337 e. The van der Waals surface area contributed by atoms with E-state index in [2.05, 4.69) is 43.4 Å². The molecule has 0 fully saturated rings. The Hall–Kier alpha value is -1.84. The molecule has 0 saturated heterocycles. The Kier molecular flexibility index (Phi) is 8.51. The molecule has 1 N–H and O–H groups in total. The Labute approximate surface area is 150 Å². The van der Waals surface area contributed by atoms with Gasteiger partial charge < -0.3 is 10.1 Å². The highest BCUT2D eigenvalue weighted by Crippen LogP contribution is 2.14. The third-order valence-corrected chi connectivity index (χ3v) is 4.08. The van der Waals surface area contributed by atoms with Gasteiger partial charge in [-0.25, -0.2) is 4.79 Å². The lowest BCUT2D eigenvalue weighted by Gasteiger charge is -2.20. The van der Waals surface area contributed by atoms with E-state index in [1.807, 2.05) is 30.3 Å². The van der Waals surface area contributed by atoms with Crippen molar-refractivity contribution < 1.29 is 9.53 Å². The van der Waals surface area contributed by atoms with E-state index in [1.165, 1.54) is 18.2 Å². The van der Waals surface area contributed by atoms with Gasteiger partial charge in [0.15, 0.2) is 0 Å². The topological polar surface area (TPSA) is 38.3 Å². The van der Waals surface area contributed by atoms with Crippen molar-refractivity contribution in [2.24, 2.45) is 0 Å². The summed E-state index contributed by atoms with van der Waals surface area (Å²) in [6, 6.07) is 18.9. The molecular formula is C20H26ClNO2. The van der Waals surface area contributed by atoms with Crippen LogP contribution in [0.3, 0.4) is 0 Å². The van der Waals surface area contributed by atoms with Gasteiger partial charge in [0.1, 0.15) is 0 Å². The van der Waals surface area contributed by atoms with Gasteiger partial charge in [-0.15, -0.1) is 12.4 Å². The van der Waals surface area contributed by atoms with Crippen LogP contribution in [0.4, 0.5) is 0 Å². The zero-order chi connectivity index (χ0) is 16.7. The Morgan fingerprint density at radius 1 is 1.04 bits per heavy atom. The van der Waals surface area contributed by atoms with E-state index in [1.54, 1.807) is 0 Å². The summed E-state index contributed by atoms with van der Waals surface area (Å²) in [5.74, 6) is -0.289. The maximum absolute atomic E-state index is 11.4. The summed E-state index contributed by atoms with van der Waals surface area (Å²) in [6.45, 7) is 4.40. The number of carbonyl (C=O) groups is 1. The van der Waals surface area contributed by atoms with Crippen molar-refractivity contribution >= 4 is 18.4 Å². The molecule has 0 aliphatic heterocycles. The van der Waals surface area contributed by atoms with E-state index < -0.39 is 0 Å². The van der Waals surface area contributed by atoms with Crippen molar-refractivity contribution in [2.75, 3.05) is 7.11 Å². The van der Waals surface area contributed by atoms with Crippen LogP contribution in [0, 0.1) is 0 Å². The van der Waals surface area contributed by atoms with Crippen molar-refractivity contribution in [2.45, 2.75) is 38.8 Å². The summed E-state index contributed by atoms with van der Waals surface area (Å²) < 4.78 is 4.71. The number of aryl methyl sites for hydroxylation is 1. The molecule has 2 aromatic carbocycles. The summed E-state index contributed by atoms with van der Waals surface area (Å²) in [7, 11) is 1.40. The molecule has 2 atom stereocenters. The molecule has 2 rings (SSSR count). The first-order valence-electron chi connectivity index (χ1n) is 8.08. The molecule has 2 aromatic rings. The molecule has 0 aromatic heterocycles. The zero-order valence-electron chi connectivity index (χ0n) is 14.5. The molecule has 0 spiro atoms. The van der Waals surface area contributed by atoms with Crippen molar-refractivity contribution in [1.82, 2.24) is 5.32 Å². The molecule has 2 unspecified atom stereocenters. The Balaban J connectivity index is 0.00000288. The first-order chi connectivity index (χ1) is 11.1. The van der Waals surface area contributed by atoms with Crippen molar-refractivity contribution in [1.29, 1.82) is 0 Å². The van der Waals surface area contributed by atoms with Crippen molar-refractivity contribution in [3.8, 4) is 0 Å². The lowest BCUT2D eigenvalue weighted by Crippen LogP contribution is -2.29. The highest BCUT2D eigenvalue weighted by Gasteiger charge is 2.10. The Morgan fingerprint density at radius 2 is 1.67 bits per heavy atom. The van der Waals surface area contributed by atoms with Crippen LogP contribution in [0.15, 0.2) is 54.6 Å². The molecule has 0 aliphatic carbocycles. The molecule has 4 heteroatoms. The predicted octanol–water partition coefficient (Wildman–Crippen LogP) is 4.57. The van der Waals surface area contributed by atoms with E-state index in [-0.39, 0.29) is 18.4 Å². The minimum atomic E-state index is -0.289. The van der Waals surface area contributed by atoms with Crippen LogP contribution in [0.2, 0.25) is 0 Å². The fourth-order valence-corrected chi connectivity index (χ4v) is 2.66. The minimum absolute atomic E-state index is 0. The first kappa shape index (κ1) is 20.2. The van der Waals surface area contributed by atoms with E-state index in [9.17, 15) is 4.79 Å². The second kappa shape index (κ2) is 10.1. The number of carbonyl (C=O) groups excluding carboxylic acids is 1. The lowest BCUT2D eigenvalue weighted by atomic mass is 10.0. The summed E-state index contributed by atoms with van der Waals surface area (Å²) in [5.41, 5.74) is 3.14. The predicted molar refractivity (Wildman–Crippen MR) is 101 cm³/mol. The number of rotatable bonds is 7.